The minimum Gasteiger partial charge on any atom is -0.353 e. The van der Waals surface area contributed by atoms with E-state index in [2.05, 4.69) is 26.0 Å². The van der Waals surface area contributed by atoms with Gasteiger partial charge in [-0.25, -0.2) is 9.37 Å². The summed E-state index contributed by atoms with van der Waals surface area (Å²) in [5.74, 6) is 0.508. The van der Waals surface area contributed by atoms with Crippen molar-refractivity contribution < 1.29 is 13.7 Å². The lowest BCUT2D eigenvalue weighted by atomic mass is 10.1. The second-order valence-corrected chi connectivity index (χ2v) is 7.63. The number of nitrogens with zero attached hydrogens (tertiary/aromatic N) is 5. The van der Waals surface area contributed by atoms with Gasteiger partial charge >= 0.3 is 0 Å². The van der Waals surface area contributed by atoms with Gasteiger partial charge in [-0.2, -0.15) is 0 Å². The van der Waals surface area contributed by atoms with Gasteiger partial charge in [-0.15, -0.1) is 0 Å². The number of hydrogen-bond acceptors (Lipinski definition) is 6. The van der Waals surface area contributed by atoms with Crippen molar-refractivity contribution in [2.45, 2.75) is 6.54 Å². The molecule has 0 unspecified atom stereocenters. The summed E-state index contributed by atoms with van der Waals surface area (Å²) in [7, 11) is 4.06. The Morgan fingerprint density at radius 2 is 1.93 bits per heavy atom. The molecule has 1 aliphatic rings. The van der Waals surface area contributed by atoms with E-state index in [0.717, 1.165) is 17.9 Å². The highest BCUT2D eigenvalue weighted by Gasteiger charge is 2.25. The molecule has 0 N–H and O–H groups in total. The Hall–Kier alpha value is -3.26. The van der Waals surface area contributed by atoms with Gasteiger partial charge in [-0.3, -0.25) is 4.79 Å². The van der Waals surface area contributed by atoms with Crippen LogP contribution in [0.2, 0.25) is 0 Å². The summed E-state index contributed by atoms with van der Waals surface area (Å²) < 4.78 is 18.7. The number of rotatable bonds is 5. The fourth-order valence-corrected chi connectivity index (χ4v) is 3.52. The lowest BCUT2D eigenvalue weighted by molar-refractivity contribution is 0.0704. The standard InChI is InChI=1S/C22H24FN5O2/c1-26(2)15-16-6-7-21(24-14-16)27-8-10-28(11-9-27)22(29)20-13-19(25-30-20)17-4-3-5-18(23)12-17/h3-7,12-14H,8-11,15H2,1-2H3. The Morgan fingerprint density at radius 1 is 1.13 bits per heavy atom. The molecule has 0 atom stereocenters. The molecule has 156 valence electrons. The van der Waals surface area contributed by atoms with Gasteiger partial charge in [0.25, 0.3) is 5.91 Å². The van der Waals surface area contributed by atoms with E-state index in [9.17, 15) is 9.18 Å². The van der Waals surface area contributed by atoms with E-state index in [-0.39, 0.29) is 17.5 Å². The van der Waals surface area contributed by atoms with Gasteiger partial charge in [0, 0.05) is 50.6 Å². The van der Waals surface area contributed by atoms with Crippen LogP contribution in [0, 0.1) is 5.82 Å². The third kappa shape index (κ3) is 4.49. The van der Waals surface area contributed by atoms with E-state index >= 15 is 0 Å². The van der Waals surface area contributed by atoms with Crippen molar-refractivity contribution in [3.63, 3.8) is 0 Å². The molecule has 0 bridgehead atoms. The highest BCUT2D eigenvalue weighted by molar-refractivity contribution is 5.92. The van der Waals surface area contributed by atoms with Crippen LogP contribution in [0.15, 0.2) is 53.2 Å². The number of carbonyl (C=O) groups excluding carboxylic acids is 1. The van der Waals surface area contributed by atoms with Gasteiger partial charge in [0.1, 0.15) is 17.3 Å². The molecule has 1 aromatic carbocycles. The van der Waals surface area contributed by atoms with Crippen LogP contribution in [0.3, 0.4) is 0 Å². The molecule has 2 aromatic heterocycles. The van der Waals surface area contributed by atoms with Crippen molar-refractivity contribution >= 4 is 11.7 Å². The maximum atomic E-state index is 13.4. The molecule has 0 radical (unpaired) electrons. The Kier molecular flexibility index (Phi) is 5.76. The first-order valence-corrected chi connectivity index (χ1v) is 9.86. The summed E-state index contributed by atoms with van der Waals surface area (Å²) in [5, 5.41) is 3.92. The Labute approximate surface area is 174 Å². The topological polar surface area (TPSA) is 65.7 Å². The zero-order valence-electron chi connectivity index (χ0n) is 17.1. The number of amides is 1. The van der Waals surface area contributed by atoms with E-state index in [0.29, 0.717) is 37.4 Å². The van der Waals surface area contributed by atoms with Crippen LogP contribution in [-0.2, 0) is 6.54 Å². The predicted octanol–water partition coefficient (Wildman–Crippen LogP) is 2.90. The number of hydrogen-bond donors (Lipinski definition) is 0. The first-order valence-electron chi connectivity index (χ1n) is 9.86. The summed E-state index contributed by atoms with van der Waals surface area (Å²) in [6, 6.07) is 11.7. The fourth-order valence-electron chi connectivity index (χ4n) is 3.52. The normalized spacial score (nSPS) is 14.4. The molecule has 1 fully saturated rings. The quantitative estimate of drug-likeness (QED) is 0.646. The zero-order valence-corrected chi connectivity index (χ0v) is 17.1. The Balaban J connectivity index is 1.37. The summed E-state index contributed by atoms with van der Waals surface area (Å²) >= 11 is 0. The van der Waals surface area contributed by atoms with Crippen molar-refractivity contribution in [2.75, 3.05) is 45.2 Å². The smallest absolute Gasteiger partial charge is 0.292 e. The molecule has 30 heavy (non-hydrogen) atoms. The first-order chi connectivity index (χ1) is 14.5. The molecule has 1 amide bonds. The van der Waals surface area contributed by atoms with E-state index < -0.39 is 0 Å². The van der Waals surface area contributed by atoms with E-state index in [1.54, 1.807) is 23.1 Å². The van der Waals surface area contributed by atoms with Gasteiger partial charge in [0.05, 0.1) is 0 Å². The minimum atomic E-state index is -0.358. The lowest BCUT2D eigenvalue weighted by Crippen LogP contribution is -2.49. The van der Waals surface area contributed by atoms with Crippen LogP contribution in [0.25, 0.3) is 11.3 Å². The maximum Gasteiger partial charge on any atom is 0.292 e. The highest BCUT2D eigenvalue weighted by Crippen LogP contribution is 2.22. The van der Waals surface area contributed by atoms with Crippen molar-refractivity contribution in [1.29, 1.82) is 0 Å². The van der Waals surface area contributed by atoms with Crippen LogP contribution in [0.4, 0.5) is 10.2 Å². The average molecular weight is 409 g/mol. The molecule has 3 aromatic rings. The molecule has 7 nitrogen and oxygen atoms in total. The van der Waals surface area contributed by atoms with Gasteiger partial charge in [0.2, 0.25) is 5.76 Å². The monoisotopic (exact) mass is 409 g/mol. The molecular weight excluding hydrogens is 385 g/mol. The minimum absolute atomic E-state index is 0.161. The third-order valence-electron chi connectivity index (χ3n) is 5.04. The molecular formula is C22H24FN5O2. The highest BCUT2D eigenvalue weighted by atomic mass is 19.1. The second kappa shape index (κ2) is 8.62. The number of carbonyl (C=O) groups is 1. The van der Waals surface area contributed by atoms with Crippen LogP contribution < -0.4 is 4.90 Å². The number of aromatic nitrogens is 2. The van der Waals surface area contributed by atoms with Gasteiger partial charge in [-0.05, 0) is 37.9 Å². The van der Waals surface area contributed by atoms with Crippen molar-refractivity contribution in [2.24, 2.45) is 0 Å². The molecule has 0 aliphatic carbocycles. The average Bonchev–Trinajstić information content (AvgIpc) is 3.24. The summed E-state index contributed by atoms with van der Waals surface area (Å²) in [6.07, 6.45) is 1.90. The molecule has 1 saturated heterocycles. The molecule has 1 aliphatic heterocycles. The number of pyridine rings is 1. The maximum absolute atomic E-state index is 13.4. The zero-order chi connectivity index (χ0) is 21.1. The molecule has 0 spiro atoms. The van der Waals surface area contributed by atoms with E-state index in [1.165, 1.54) is 12.1 Å². The fraction of sp³-hybridized carbons (Fsp3) is 0.318. The van der Waals surface area contributed by atoms with Gasteiger partial charge in [-0.1, -0.05) is 23.4 Å². The van der Waals surface area contributed by atoms with Crippen molar-refractivity contribution in [1.82, 2.24) is 19.9 Å². The third-order valence-corrected chi connectivity index (χ3v) is 5.04. The SMILES string of the molecule is CN(C)Cc1ccc(N2CCN(C(=O)c3cc(-c4cccc(F)c4)no3)CC2)nc1. The predicted molar refractivity (Wildman–Crippen MR) is 112 cm³/mol. The molecule has 3 heterocycles. The van der Waals surface area contributed by atoms with Crippen LogP contribution in [0.5, 0.6) is 0 Å². The number of halogens is 1. The van der Waals surface area contributed by atoms with Crippen molar-refractivity contribution in [3.8, 4) is 11.3 Å². The van der Waals surface area contributed by atoms with Crippen LogP contribution >= 0.6 is 0 Å². The summed E-state index contributed by atoms with van der Waals surface area (Å²) in [4.78, 5) is 23.4. The van der Waals surface area contributed by atoms with Crippen molar-refractivity contribution in [3.05, 3.63) is 65.8 Å². The summed E-state index contributed by atoms with van der Waals surface area (Å²) in [5.41, 5.74) is 2.18. The number of piperazine rings is 1. The van der Waals surface area contributed by atoms with Crippen LogP contribution in [0.1, 0.15) is 16.1 Å². The van der Waals surface area contributed by atoms with Gasteiger partial charge in [0.15, 0.2) is 0 Å². The largest absolute Gasteiger partial charge is 0.353 e. The van der Waals surface area contributed by atoms with E-state index in [4.69, 9.17) is 4.52 Å². The second-order valence-electron chi connectivity index (χ2n) is 7.63. The number of anilines is 1. The molecule has 0 saturated carbocycles. The number of benzene rings is 1. The van der Waals surface area contributed by atoms with Crippen LogP contribution in [-0.4, -0.2) is 66.1 Å². The molecule has 4 rings (SSSR count). The Morgan fingerprint density at radius 3 is 2.60 bits per heavy atom. The van der Waals surface area contributed by atoms with Gasteiger partial charge < -0.3 is 19.2 Å². The summed E-state index contributed by atoms with van der Waals surface area (Å²) in [6.45, 7) is 3.36. The first kappa shape index (κ1) is 20.0. The molecule has 8 heteroatoms. The Bertz CT molecular complexity index is 1010. The van der Waals surface area contributed by atoms with E-state index in [1.807, 2.05) is 26.4 Å². The lowest BCUT2D eigenvalue weighted by Gasteiger charge is -2.35.